The fourth-order valence-corrected chi connectivity index (χ4v) is 4.77. The maximum Gasteiger partial charge on any atom is 0.0950 e. The van der Waals surface area contributed by atoms with Crippen molar-refractivity contribution >= 4 is 33.5 Å². The first kappa shape index (κ1) is 19.6. The van der Waals surface area contributed by atoms with E-state index in [-0.39, 0.29) is 5.41 Å². The third-order valence-corrected chi connectivity index (χ3v) is 6.68. The molecule has 0 amide bonds. The van der Waals surface area contributed by atoms with Gasteiger partial charge in [0.2, 0.25) is 0 Å². The summed E-state index contributed by atoms with van der Waals surface area (Å²) in [4.78, 5) is 4.46. The van der Waals surface area contributed by atoms with Crippen LogP contribution in [0.2, 0.25) is 5.02 Å². The number of nitrogens with zero attached hydrogens (tertiary/aromatic N) is 2. The van der Waals surface area contributed by atoms with Crippen LogP contribution < -0.4 is 4.72 Å². The molecule has 1 saturated carbocycles. The van der Waals surface area contributed by atoms with Crippen LogP contribution in [-0.4, -0.2) is 19.0 Å². The predicted octanol–water partition coefficient (Wildman–Crippen LogP) is 5.32. The van der Waals surface area contributed by atoms with Crippen LogP contribution in [0, 0.1) is 5.41 Å². The molecule has 4 rings (SSSR count). The second-order valence-electron chi connectivity index (χ2n) is 8.73. The standard InChI is InChI=1S/C22H26ClN3OS/c1-22(2,3)14-26-13-16(12-25-28(27)17-7-8-17)18-9-6-15(11-20(18)26)21-19(23)5-4-10-24-21/h4-6,9-11,13,17,25H,7-8,12,14H2,1-3H3. The molecule has 1 atom stereocenters. The highest BCUT2D eigenvalue weighted by molar-refractivity contribution is 7.83. The molecule has 28 heavy (non-hydrogen) atoms. The van der Waals surface area contributed by atoms with E-state index in [0.717, 1.165) is 36.2 Å². The van der Waals surface area contributed by atoms with Crippen molar-refractivity contribution in [2.45, 2.75) is 52.0 Å². The van der Waals surface area contributed by atoms with Gasteiger partial charge in [-0.15, -0.1) is 0 Å². The van der Waals surface area contributed by atoms with Gasteiger partial charge >= 0.3 is 0 Å². The van der Waals surface area contributed by atoms with Crippen LogP contribution in [-0.2, 0) is 24.1 Å². The van der Waals surface area contributed by atoms with Crippen LogP contribution in [0.25, 0.3) is 22.2 Å². The summed E-state index contributed by atoms with van der Waals surface area (Å²) in [6.45, 7) is 8.21. The van der Waals surface area contributed by atoms with E-state index in [1.165, 1.54) is 10.9 Å². The van der Waals surface area contributed by atoms with Gasteiger partial charge in [0.05, 0.1) is 21.7 Å². The van der Waals surface area contributed by atoms with Crippen molar-refractivity contribution in [1.82, 2.24) is 14.3 Å². The maximum absolute atomic E-state index is 12.2. The minimum absolute atomic E-state index is 0.145. The van der Waals surface area contributed by atoms with E-state index in [4.69, 9.17) is 11.6 Å². The maximum atomic E-state index is 12.2. The number of benzene rings is 1. The number of pyridine rings is 1. The largest absolute Gasteiger partial charge is 0.347 e. The highest BCUT2D eigenvalue weighted by atomic mass is 35.5. The minimum Gasteiger partial charge on any atom is -0.347 e. The summed E-state index contributed by atoms with van der Waals surface area (Å²) in [6, 6.07) is 10.1. The zero-order valence-electron chi connectivity index (χ0n) is 16.5. The number of aromatic nitrogens is 2. The molecule has 4 nitrogen and oxygen atoms in total. The van der Waals surface area contributed by atoms with Gasteiger partial charge in [0.15, 0.2) is 0 Å². The predicted molar refractivity (Wildman–Crippen MR) is 118 cm³/mol. The highest BCUT2D eigenvalue weighted by Crippen LogP contribution is 2.32. The lowest BCUT2D eigenvalue weighted by atomic mass is 9.97. The number of hydrogen-bond acceptors (Lipinski definition) is 2. The fraction of sp³-hybridized carbons (Fsp3) is 0.409. The number of nitrogens with one attached hydrogen (secondary N) is 1. The summed E-state index contributed by atoms with van der Waals surface area (Å²) in [5, 5.41) is 2.17. The van der Waals surface area contributed by atoms with Gasteiger partial charge in [-0.05, 0) is 42.0 Å². The molecule has 3 aromatic rings. The topological polar surface area (TPSA) is 46.9 Å². The molecule has 1 aromatic carbocycles. The third kappa shape index (κ3) is 4.32. The molecule has 1 aliphatic carbocycles. The Morgan fingerprint density at radius 3 is 2.75 bits per heavy atom. The molecule has 6 heteroatoms. The van der Waals surface area contributed by atoms with Crippen molar-refractivity contribution in [3.05, 3.63) is 53.3 Å². The molecule has 1 fully saturated rings. The summed E-state index contributed by atoms with van der Waals surface area (Å²) < 4.78 is 17.7. The van der Waals surface area contributed by atoms with E-state index in [9.17, 15) is 4.21 Å². The van der Waals surface area contributed by atoms with Crippen LogP contribution in [0.5, 0.6) is 0 Å². The van der Waals surface area contributed by atoms with Crippen molar-refractivity contribution < 1.29 is 4.21 Å². The SMILES string of the molecule is CC(C)(C)Cn1cc(CNS(=O)C2CC2)c2ccc(-c3ncccc3Cl)cc21. The summed E-state index contributed by atoms with van der Waals surface area (Å²) in [7, 11) is -0.938. The van der Waals surface area contributed by atoms with Gasteiger partial charge in [0, 0.05) is 47.2 Å². The lowest BCUT2D eigenvalue weighted by Crippen LogP contribution is -2.19. The van der Waals surface area contributed by atoms with Crippen LogP contribution in [0.4, 0.5) is 0 Å². The second kappa shape index (κ2) is 7.62. The highest BCUT2D eigenvalue weighted by Gasteiger charge is 2.28. The molecule has 0 spiro atoms. The second-order valence-corrected chi connectivity index (χ2v) is 10.7. The molecular weight excluding hydrogens is 390 g/mol. The molecule has 0 aliphatic heterocycles. The Balaban J connectivity index is 1.74. The van der Waals surface area contributed by atoms with Gasteiger partial charge in [-0.1, -0.05) is 44.5 Å². The number of fused-ring (bicyclic) bond motifs is 1. The molecule has 1 N–H and O–H groups in total. The summed E-state index contributed by atoms with van der Waals surface area (Å²) >= 11 is 6.37. The molecular formula is C22H26ClN3OS. The van der Waals surface area contributed by atoms with Gasteiger partial charge in [-0.2, -0.15) is 0 Å². The van der Waals surface area contributed by atoms with E-state index in [1.54, 1.807) is 6.20 Å². The average molecular weight is 416 g/mol. The normalized spacial score (nSPS) is 15.9. The van der Waals surface area contributed by atoms with Crippen LogP contribution in [0.3, 0.4) is 0 Å². The fourth-order valence-electron chi connectivity index (χ4n) is 3.44. The average Bonchev–Trinajstić information content (AvgIpc) is 3.44. The van der Waals surface area contributed by atoms with E-state index in [1.807, 2.05) is 12.1 Å². The van der Waals surface area contributed by atoms with Gasteiger partial charge in [0.1, 0.15) is 0 Å². The van der Waals surface area contributed by atoms with Crippen molar-refractivity contribution in [2.24, 2.45) is 5.41 Å². The van der Waals surface area contributed by atoms with Crippen LogP contribution >= 0.6 is 11.6 Å². The van der Waals surface area contributed by atoms with Gasteiger partial charge in [0.25, 0.3) is 0 Å². The van der Waals surface area contributed by atoms with Crippen molar-refractivity contribution in [3.8, 4) is 11.3 Å². The zero-order chi connectivity index (χ0) is 19.9. The molecule has 0 radical (unpaired) electrons. The third-order valence-electron chi connectivity index (χ3n) is 4.87. The van der Waals surface area contributed by atoms with Crippen LogP contribution in [0.1, 0.15) is 39.2 Å². The lowest BCUT2D eigenvalue weighted by Gasteiger charge is -2.20. The van der Waals surface area contributed by atoms with E-state index in [0.29, 0.717) is 16.8 Å². The van der Waals surface area contributed by atoms with E-state index in [2.05, 4.69) is 59.4 Å². The summed E-state index contributed by atoms with van der Waals surface area (Å²) in [5.41, 5.74) is 4.28. The van der Waals surface area contributed by atoms with E-state index >= 15 is 0 Å². The number of hydrogen-bond donors (Lipinski definition) is 1. The van der Waals surface area contributed by atoms with Crippen molar-refractivity contribution in [3.63, 3.8) is 0 Å². The number of halogens is 1. The quantitative estimate of drug-likeness (QED) is 0.592. The van der Waals surface area contributed by atoms with Crippen molar-refractivity contribution in [2.75, 3.05) is 0 Å². The molecule has 2 aromatic heterocycles. The van der Waals surface area contributed by atoms with Crippen molar-refractivity contribution in [1.29, 1.82) is 0 Å². The lowest BCUT2D eigenvalue weighted by molar-refractivity contribution is 0.349. The Bertz CT molecular complexity index is 1030. The molecule has 148 valence electrons. The molecule has 1 unspecified atom stereocenters. The van der Waals surface area contributed by atoms with Crippen LogP contribution in [0.15, 0.2) is 42.7 Å². The first-order valence-corrected chi connectivity index (χ1v) is 11.3. The van der Waals surface area contributed by atoms with Gasteiger partial charge < -0.3 is 4.57 Å². The Morgan fingerprint density at radius 1 is 1.29 bits per heavy atom. The summed E-state index contributed by atoms with van der Waals surface area (Å²) in [6.07, 6.45) is 6.10. The molecule has 0 saturated heterocycles. The zero-order valence-corrected chi connectivity index (χ0v) is 18.1. The first-order chi connectivity index (χ1) is 13.3. The Hall–Kier alpha value is -1.69. The number of rotatable bonds is 6. The Labute approximate surface area is 173 Å². The Morgan fingerprint density at radius 2 is 2.07 bits per heavy atom. The monoisotopic (exact) mass is 415 g/mol. The Kier molecular flexibility index (Phi) is 5.34. The van der Waals surface area contributed by atoms with E-state index < -0.39 is 11.0 Å². The summed E-state index contributed by atoms with van der Waals surface area (Å²) in [5.74, 6) is 0. The minimum atomic E-state index is -0.938. The first-order valence-electron chi connectivity index (χ1n) is 9.68. The van der Waals surface area contributed by atoms with Gasteiger partial charge in [-0.25, -0.2) is 8.93 Å². The smallest absolute Gasteiger partial charge is 0.0950 e. The van der Waals surface area contributed by atoms with Gasteiger partial charge in [-0.3, -0.25) is 4.98 Å². The molecule has 2 heterocycles. The molecule has 0 bridgehead atoms. The molecule has 1 aliphatic rings.